The first kappa shape index (κ1) is 13.9. The van der Waals surface area contributed by atoms with Crippen LogP contribution < -0.4 is 4.90 Å². The van der Waals surface area contributed by atoms with Crippen molar-refractivity contribution in [2.45, 2.75) is 19.9 Å². The average Bonchev–Trinajstić information content (AvgIpc) is 2.56. The van der Waals surface area contributed by atoms with E-state index in [0.717, 1.165) is 43.1 Å². The van der Waals surface area contributed by atoms with Crippen LogP contribution in [-0.4, -0.2) is 52.1 Å². The number of anilines is 1. The van der Waals surface area contributed by atoms with Gasteiger partial charge in [-0.3, -0.25) is 4.90 Å². The standard InChI is InChI=1S/C16H21N5/c1-13(2)20-6-8-21(9-7-20)16-15(4-3-5-19-16)14-10-17-12-18-11-14/h3-5,10-13H,6-9H2,1-2H3. The van der Waals surface area contributed by atoms with Crippen molar-refractivity contribution >= 4 is 5.82 Å². The summed E-state index contributed by atoms with van der Waals surface area (Å²) in [6.45, 7) is 8.69. The minimum Gasteiger partial charge on any atom is -0.354 e. The van der Waals surface area contributed by atoms with Crippen molar-refractivity contribution in [1.82, 2.24) is 19.9 Å². The van der Waals surface area contributed by atoms with Gasteiger partial charge in [0.15, 0.2) is 0 Å². The van der Waals surface area contributed by atoms with Crippen LogP contribution in [0.25, 0.3) is 11.1 Å². The zero-order valence-electron chi connectivity index (χ0n) is 12.6. The first-order chi connectivity index (χ1) is 10.3. The molecule has 5 heteroatoms. The molecule has 1 aliphatic heterocycles. The number of hydrogen-bond donors (Lipinski definition) is 0. The van der Waals surface area contributed by atoms with Gasteiger partial charge in [0.05, 0.1) is 0 Å². The fourth-order valence-electron chi connectivity index (χ4n) is 2.76. The first-order valence-electron chi connectivity index (χ1n) is 7.45. The molecule has 1 fully saturated rings. The molecule has 5 nitrogen and oxygen atoms in total. The third kappa shape index (κ3) is 3.03. The van der Waals surface area contributed by atoms with Gasteiger partial charge in [0.25, 0.3) is 0 Å². The first-order valence-corrected chi connectivity index (χ1v) is 7.45. The van der Waals surface area contributed by atoms with Crippen molar-refractivity contribution in [3.8, 4) is 11.1 Å². The molecular weight excluding hydrogens is 262 g/mol. The Balaban J connectivity index is 1.84. The lowest BCUT2D eigenvalue weighted by Crippen LogP contribution is -2.49. The molecule has 0 saturated carbocycles. The van der Waals surface area contributed by atoms with E-state index in [1.807, 2.05) is 24.7 Å². The Bertz CT molecular complexity index is 576. The van der Waals surface area contributed by atoms with Gasteiger partial charge in [-0.1, -0.05) is 0 Å². The summed E-state index contributed by atoms with van der Waals surface area (Å²) in [6, 6.07) is 4.67. The predicted molar refractivity (Wildman–Crippen MR) is 84.2 cm³/mol. The highest BCUT2D eigenvalue weighted by molar-refractivity contribution is 5.74. The van der Waals surface area contributed by atoms with Crippen molar-refractivity contribution < 1.29 is 0 Å². The van der Waals surface area contributed by atoms with E-state index in [1.54, 1.807) is 6.33 Å². The second kappa shape index (κ2) is 6.18. The van der Waals surface area contributed by atoms with Crippen LogP contribution in [0, 0.1) is 0 Å². The second-order valence-electron chi connectivity index (χ2n) is 5.62. The van der Waals surface area contributed by atoms with Gasteiger partial charge in [-0.15, -0.1) is 0 Å². The molecule has 0 amide bonds. The van der Waals surface area contributed by atoms with E-state index < -0.39 is 0 Å². The molecule has 2 aromatic rings. The molecular formula is C16H21N5. The summed E-state index contributed by atoms with van der Waals surface area (Å²) in [7, 11) is 0. The highest BCUT2D eigenvalue weighted by Gasteiger charge is 2.21. The van der Waals surface area contributed by atoms with E-state index in [9.17, 15) is 0 Å². The van der Waals surface area contributed by atoms with Gasteiger partial charge in [0.2, 0.25) is 0 Å². The van der Waals surface area contributed by atoms with Gasteiger partial charge in [0, 0.05) is 61.9 Å². The number of aromatic nitrogens is 3. The maximum absolute atomic E-state index is 4.60. The number of hydrogen-bond acceptors (Lipinski definition) is 5. The summed E-state index contributed by atoms with van der Waals surface area (Å²) in [5, 5.41) is 0. The summed E-state index contributed by atoms with van der Waals surface area (Å²) >= 11 is 0. The molecule has 0 atom stereocenters. The third-order valence-corrected chi connectivity index (χ3v) is 4.00. The summed E-state index contributed by atoms with van der Waals surface area (Å²) in [6.07, 6.45) is 7.11. The molecule has 0 unspecified atom stereocenters. The van der Waals surface area contributed by atoms with Crippen LogP contribution in [0.5, 0.6) is 0 Å². The van der Waals surface area contributed by atoms with Gasteiger partial charge in [0.1, 0.15) is 12.1 Å². The Kier molecular flexibility index (Phi) is 4.10. The summed E-state index contributed by atoms with van der Waals surface area (Å²) < 4.78 is 0. The quantitative estimate of drug-likeness (QED) is 0.863. The summed E-state index contributed by atoms with van der Waals surface area (Å²) in [4.78, 5) is 17.7. The molecule has 110 valence electrons. The lowest BCUT2D eigenvalue weighted by Gasteiger charge is -2.38. The fourth-order valence-corrected chi connectivity index (χ4v) is 2.76. The number of rotatable bonds is 3. The molecule has 0 bridgehead atoms. The van der Waals surface area contributed by atoms with E-state index in [2.05, 4.69) is 44.7 Å². The molecule has 0 radical (unpaired) electrons. The maximum Gasteiger partial charge on any atom is 0.136 e. The lowest BCUT2D eigenvalue weighted by molar-refractivity contribution is 0.209. The Morgan fingerprint density at radius 2 is 1.76 bits per heavy atom. The Labute approximate surface area is 125 Å². The second-order valence-corrected chi connectivity index (χ2v) is 5.62. The highest BCUT2D eigenvalue weighted by Crippen LogP contribution is 2.28. The van der Waals surface area contributed by atoms with E-state index in [0.29, 0.717) is 6.04 Å². The Morgan fingerprint density at radius 3 is 2.43 bits per heavy atom. The minimum absolute atomic E-state index is 0.609. The smallest absolute Gasteiger partial charge is 0.136 e. The molecule has 1 saturated heterocycles. The van der Waals surface area contributed by atoms with Gasteiger partial charge in [-0.25, -0.2) is 15.0 Å². The minimum atomic E-state index is 0.609. The molecule has 21 heavy (non-hydrogen) atoms. The van der Waals surface area contributed by atoms with Crippen molar-refractivity contribution in [1.29, 1.82) is 0 Å². The number of piperazine rings is 1. The fraction of sp³-hybridized carbons (Fsp3) is 0.438. The molecule has 1 aliphatic rings. The van der Waals surface area contributed by atoms with Crippen molar-refractivity contribution in [2.24, 2.45) is 0 Å². The zero-order valence-corrected chi connectivity index (χ0v) is 12.6. The SMILES string of the molecule is CC(C)N1CCN(c2ncccc2-c2cncnc2)CC1. The van der Waals surface area contributed by atoms with E-state index in [1.165, 1.54) is 0 Å². The summed E-state index contributed by atoms with van der Waals surface area (Å²) in [5.74, 6) is 1.04. The highest BCUT2D eigenvalue weighted by atomic mass is 15.3. The molecule has 3 rings (SSSR count). The van der Waals surface area contributed by atoms with Crippen LogP contribution in [0.4, 0.5) is 5.82 Å². The van der Waals surface area contributed by atoms with Crippen LogP contribution in [0.3, 0.4) is 0 Å². The third-order valence-electron chi connectivity index (χ3n) is 4.00. The van der Waals surface area contributed by atoms with Gasteiger partial charge in [-0.2, -0.15) is 0 Å². The number of pyridine rings is 1. The molecule has 0 spiro atoms. The van der Waals surface area contributed by atoms with E-state index >= 15 is 0 Å². The van der Waals surface area contributed by atoms with Gasteiger partial charge >= 0.3 is 0 Å². The summed E-state index contributed by atoms with van der Waals surface area (Å²) in [5.41, 5.74) is 2.13. The Morgan fingerprint density at radius 1 is 1.05 bits per heavy atom. The molecule has 0 aromatic carbocycles. The van der Waals surface area contributed by atoms with Crippen molar-refractivity contribution in [3.05, 3.63) is 37.1 Å². The largest absolute Gasteiger partial charge is 0.354 e. The van der Waals surface area contributed by atoms with Crippen molar-refractivity contribution in [3.63, 3.8) is 0 Å². The predicted octanol–water partition coefficient (Wildman–Crippen LogP) is 2.07. The average molecular weight is 283 g/mol. The van der Waals surface area contributed by atoms with E-state index in [4.69, 9.17) is 0 Å². The van der Waals surface area contributed by atoms with Gasteiger partial charge < -0.3 is 4.90 Å². The van der Waals surface area contributed by atoms with Crippen LogP contribution in [-0.2, 0) is 0 Å². The molecule has 2 aromatic heterocycles. The van der Waals surface area contributed by atoms with Crippen LogP contribution in [0.1, 0.15) is 13.8 Å². The number of nitrogens with zero attached hydrogens (tertiary/aromatic N) is 5. The van der Waals surface area contributed by atoms with Crippen LogP contribution in [0.15, 0.2) is 37.1 Å². The normalized spacial score (nSPS) is 16.4. The van der Waals surface area contributed by atoms with Crippen LogP contribution >= 0.6 is 0 Å². The maximum atomic E-state index is 4.60. The lowest BCUT2D eigenvalue weighted by atomic mass is 10.1. The zero-order chi connectivity index (χ0) is 14.7. The molecule has 0 N–H and O–H groups in total. The van der Waals surface area contributed by atoms with Gasteiger partial charge in [-0.05, 0) is 26.0 Å². The van der Waals surface area contributed by atoms with Crippen molar-refractivity contribution in [2.75, 3.05) is 31.1 Å². The van der Waals surface area contributed by atoms with Crippen LogP contribution in [0.2, 0.25) is 0 Å². The topological polar surface area (TPSA) is 45.2 Å². The van der Waals surface area contributed by atoms with E-state index in [-0.39, 0.29) is 0 Å². The Hall–Kier alpha value is -2.01. The molecule has 3 heterocycles. The monoisotopic (exact) mass is 283 g/mol. The molecule has 0 aliphatic carbocycles.